The maximum absolute atomic E-state index is 12.5. The van der Waals surface area contributed by atoms with Crippen LogP contribution in [0.1, 0.15) is 50.3 Å². The third-order valence-electron chi connectivity index (χ3n) is 5.96. The predicted molar refractivity (Wildman–Crippen MR) is 105 cm³/mol. The molecule has 28 heavy (non-hydrogen) atoms. The highest BCUT2D eigenvalue weighted by molar-refractivity contribution is 7.87. The van der Waals surface area contributed by atoms with Crippen molar-refractivity contribution in [1.82, 2.24) is 28.8 Å². The van der Waals surface area contributed by atoms with E-state index in [9.17, 15) is 8.42 Å². The highest BCUT2D eigenvalue weighted by Crippen LogP contribution is 2.38. The number of nitrogens with one attached hydrogen (secondary N) is 1. The lowest BCUT2D eigenvalue weighted by Gasteiger charge is -2.40. The number of hydrogen-bond donors (Lipinski definition) is 1. The molecule has 4 heterocycles. The van der Waals surface area contributed by atoms with Gasteiger partial charge in [-0.1, -0.05) is 12.8 Å². The number of fused-ring (bicyclic) bond motifs is 1. The SMILES string of the molecule is O=S(=O)(NCC1CN(c2ccc3nnc(C4CC4)n3n2)C1)N1CCCCCC1. The minimum absolute atomic E-state index is 0.308. The molecule has 0 bridgehead atoms. The summed E-state index contributed by atoms with van der Waals surface area (Å²) in [6.07, 6.45) is 6.48. The van der Waals surface area contributed by atoms with Crippen molar-refractivity contribution in [2.45, 2.75) is 44.4 Å². The summed E-state index contributed by atoms with van der Waals surface area (Å²) in [5.74, 6) is 2.67. The standard InChI is InChI=1S/C18H27N7O2S/c26-28(27,24-9-3-1-2-4-10-24)19-11-14-12-23(13-14)17-8-7-16-20-21-18(15-5-6-15)25(16)22-17/h7-8,14-15,19H,1-6,9-13H2. The Balaban J connectivity index is 1.17. The minimum atomic E-state index is -3.36. The van der Waals surface area contributed by atoms with Gasteiger partial charge in [0.05, 0.1) is 0 Å². The summed E-state index contributed by atoms with van der Waals surface area (Å²) >= 11 is 0. The van der Waals surface area contributed by atoms with Crippen LogP contribution in [0.2, 0.25) is 0 Å². The molecule has 0 radical (unpaired) electrons. The first kappa shape index (κ1) is 18.3. The molecule has 2 saturated heterocycles. The van der Waals surface area contributed by atoms with Gasteiger partial charge in [-0.15, -0.1) is 15.3 Å². The molecule has 1 aliphatic carbocycles. The van der Waals surface area contributed by atoms with Crippen LogP contribution in [-0.4, -0.2) is 65.3 Å². The van der Waals surface area contributed by atoms with Gasteiger partial charge in [0.1, 0.15) is 5.82 Å². The molecule has 0 aromatic carbocycles. The predicted octanol–water partition coefficient (Wildman–Crippen LogP) is 1.15. The topological polar surface area (TPSA) is 95.7 Å². The Kier molecular flexibility index (Phi) is 4.72. The third kappa shape index (κ3) is 3.60. The highest BCUT2D eigenvalue weighted by atomic mass is 32.2. The molecule has 2 aliphatic heterocycles. The molecular weight excluding hydrogens is 378 g/mol. The average molecular weight is 406 g/mol. The van der Waals surface area contributed by atoms with Gasteiger partial charge in [-0.05, 0) is 37.8 Å². The van der Waals surface area contributed by atoms with Crippen molar-refractivity contribution in [3.8, 4) is 0 Å². The van der Waals surface area contributed by atoms with Crippen LogP contribution in [0.15, 0.2) is 12.1 Å². The van der Waals surface area contributed by atoms with Crippen LogP contribution < -0.4 is 9.62 Å². The van der Waals surface area contributed by atoms with Gasteiger partial charge >= 0.3 is 0 Å². The number of anilines is 1. The smallest absolute Gasteiger partial charge is 0.279 e. The fourth-order valence-corrected chi connectivity index (χ4v) is 5.41. The second-order valence-corrected chi connectivity index (χ2v) is 9.99. The number of hydrogen-bond acceptors (Lipinski definition) is 6. The van der Waals surface area contributed by atoms with Crippen LogP contribution in [0.3, 0.4) is 0 Å². The fraction of sp³-hybridized carbons (Fsp3) is 0.722. The van der Waals surface area contributed by atoms with Gasteiger partial charge in [0.2, 0.25) is 0 Å². The zero-order chi connectivity index (χ0) is 19.1. The average Bonchev–Trinajstić information content (AvgIpc) is 3.45. The number of aromatic nitrogens is 4. The summed E-state index contributed by atoms with van der Waals surface area (Å²) in [6.45, 7) is 3.37. The summed E-state index contributed by atoms with van der Waals surface area (Å²) in [5, 5.41) is 13.2. The van der Waals surface area contributed by atoms with E-state index in [1.54, 1.807) is 4.31 Å². The zero-order valence-corrected chi connectivity index (χ0v) is 16.8. The summed E-state index contributed by atoms with van der Waals surface area (Å²) in [5.41, 5.74) is 0.785. The molecule has 0 spiro atoms. The first-order valence-electron chi connectivity index (χ1n) is 10.3. The van der Waals surface area contributed by atoms with Crippen molar-refractivity contribution in [2.24, 2.45) is 5.92 Å². The van der Waals surface area contributed by atoms with Crippen LogP contribution in [0.5, 0.6) is 0 Å². The van der Waals surface area contributed by atoms with E-state index in [2.05, 4.69) is 19.8 Å². The van der Waals surface area contributed by atoms with E-state index < -0.39 is 10.2 Å². The van der Waals surface area contributed by atoms with Crippen LogP contribution in [-0.2, 0) is 10.2 Å². The molecule has 0 atom stereocenters. The summed E-state index contributed by atoms with van der Waals surface area (Å²) < 4.78 is 31.3. The molecule has 9 nitrogen and oxygen atoms in total. The molecule has 2 aromatic rings. The minimum Gasteiger partial charge on any atom is -0.354 e. The molecule has 152 valence electrons. The van der Waals surface area contributed by atoms with Crippen LogP contribution in [0.4, 0.5) is 5.82 Å². The van der Waals surface area contributed by atoms with E-state index >= 15 is 0 Å². The van der Waals surface area contributed by atoms with E-state index in [4.69, 9.17) is 5.10 Å². The fourth-order valence-electron chi connectivity index (χ4n) is 4.04. The Morgan fingerprint density at radius 1 is 1.04 bits per heavy atom. The van der Waals surface area contributed by atoms with E-state index in [1.165, 1.54) is 0 Å². The van der Waals surface area contributed by atoms with Crippen molar-refractivity contribution in [3.63, 3.8) is 0 Å². The Labute approximate surface area is 165 Å². The summed E-state index contributed by atoms with van der Waals surface area (Å²) in [7, 11) is -3.36. The summed E-state index contributed by atoms with van der Waals surface area (Å²) in [4.78, 5) is 2.18. The van der Waals surface area contributed by atoms with Gasteiger partial charge in [0.15, 0.2) is 11.5 Å². The Bertz CT molecular complexity index is 942. The molecule has 5 rings (SSSR count). The second kappa shape index (κ2) is 7.23. The van der Waals surface area contributed by atoms with Crippen LogP contribution in [0, 0.1) is 5.92 Å². The van der Waals surface area contributed by atoms with Gasteiger partial charge in [-0.2, -0.15) is 17.2 Å². The Hall–Kier alpha value is -1.78. The van der Waals surface area contributed by atoms with Crippen LogP contribution >= 0.6 is 0 Å². The first-order valence-corrected chi connectivity index (χ1v) is 11.8. The van der Waals surface area contributed by atoms with Crippen molar-refractivity contribution in [1.29, 1.82) is 0 Å². The van der Waals surface area contributed by atoms with E-state index in [0.717, 1.165) is 68.9 Å². The molecule has 0 unspecified atom stereocenters. The Morgan fingerprint density at radius 2 is 1.79 bits per heavy atom. The Morgan fingerprint density at radius 3 is 2.50 bits per heavy atom. The quantitative estimate of drug-likeness (QED) is 0.775. The molecule has 3 aliphatic rings. The van der Waals surface area contributed by atoms with Crippen molar-refractivity contribution < 1.29 is 8.42 Å². The molecule has 3 fully saturated rings. The molecule has 10 heteroatoms. The van der Waals surface area contributed by atoms with Gasteiger partial charge < -0.3 is 4.90 Å². The second-order valence-electron chi connectivity index (χ2n) is 8.23. The monoisotopic (exact) mass is 405 g/mol. The lowest BCUT2D eigenvalue weighted by molar-refractivity contribution is 0.380. The maximum Gasteiger partial charge on any atom is 0.279 e. The van der Waals surface area contributed by atoms with Crippen molar-refractivity contribution >= 4 is 21.7 Å². The molecule has 1 N–H and O–H groups in total. The van der Waals surface area contributed by atoms with Gasteiger partial charge in [-0.3, -0.25) is 0 Å². The van der Waals surface area contributed by atoms with Gasteiger partial charge in [-0.25, -0.2) is 4.72 Å². The van der Waals surface area contributed by atoms with E-state index in [-0.39, 0.29) is 0 Å². The van der Waals surface area contributed by atoms with Crippen LogP contribution in [0.25, 0.3) is 5.65 Å². The first-order chi connectivity index (χ1) is 13.6. The highest BCUT2D eigenvalue weighted by Gasteiger charge is 2.32. The van der Waals surface area contributed by atoms with Gasteiger partial charge in [0, 0.05) is 44.6 Å². The normalized spacial score (nSPS) is 22.4. The lowest BCUT2D eigenvalue weighted by Crippen LogP contribution is -2.53. The largest absolute Gasteiger partial charge is 0.354 e. The maximum atomic E-state index is 12.5. The number of rotatable bonds is 6. The van der Waals surface area contributed by atoms with Gasteiger partial charge in [0.25, 0.3) is 10.2 Å². The zero-order valence-electron chi connectivity index (χ0n) is 16.0. The van der Waals surface area contributed by atoms with E-state index in [0.29, 0.717) is 31.5 Å². The molecular formula is C18H27N7O2S. The third-order valence-corrected chi connectivity index (χ3v) is 7.53. The molecule has 2 aromatic heterocycles. The molecule has 0 amide bonds. The van der Waals surface area contributed by atoms with E-state index in [1.807, 2.05) is 16.6 Å². The lowest BCUT2D eigenvalue weighted by atomic mass is 10.0. The van der Waals surface area contributed by atoms with Crippen molar-refractivity contribution in [2.75, 3.05) is 37.6 Å². The van der Waals surface area contributed by atoms with Crippen molar-refractivity contribution in [3.05, 3.63) is 18.0 Å². The summed E-state index contributed by atoms with van der Waals surface area (Å²) in [6, 6.07) is 3.93. The molecule has 1 saturated carbocycles. The number of nitrogens with zero attached hydrogens (tertiary/aromatic N) is 6.